The molecule has 1 aliphatic carbocycles. The van der Waals surface area contributed by atoms with E-state index in [4.69, 9.17) is 37.5 Å². The Morgan fingerprint density at radius 2 is 1.54 bits per heavy atom. The van der Waals surface area contributed by atoms with Crippen molar-refractivity contribution in [2.45, 2.75) is 63.0 Å². The summed E-state index contributed by atoms with van der Waals surface area (Å²) in [5, 5.41) is 0.826. The molecule has 2 atom stereocenters. The molecule has 28 heavy (non-hydrogen) atoms. The Balaban J connectivity index is 2.15. The SMILES string of the molecule is CC(C)(C)OC(=O)ON(C[C@@H]1[C@@H](c2ccccc2)C1(Cl)Cl)C(=O)OC(C)(C)C. The van der Waals surface area contributed by atoms with Gasteiger partial charge in [-0.05, 0) is 47.1 Å². The normalized spacial score (nSPS) is 20.9. The second-order valence-corrected chi connectivity index (χ2v) is 10.2. The van der Waals surface area contributed by atoms with Gasteiger partial charge in [-0.25, -0.2) is 9.59 Å². The highest BCUT2D eigenvalue weighted by Gasteiger charge is 2.64. The molecule has 0 saturated heterocycles. The summed E-state index contributed by atoms with van der Waals surface area (Å²) in [7, 11) is 0. The average Bonchev–Trinajstić information content (AvgIpc) is 3.04. The minimum atomic E-state index is -1.08. The van der Waals surface area contributed by atoms with Gasteiger partial charge in [0.2, 0.25) is 0 Å². The number of hydrogen-bond acceptors (Lipinski definition) is 5. The van der Waals surface area contributed by atoms with Crippen LogP contribution in [0.15, 0.2) is 30.3 Å². The molecule has 2 rings (SSSR count). The number of ether oxygens (including phenoxy) is 2. The van der Waals surface area contributed by atoms with Crippen molar-refractivity contribution >= 4 is 35.5 Å². The smallest absolute Gasteiger partial charge is 0.442 e. The summed E-state index contributed by atoms with van der Waals surface area (Å²) in [4.78, 5) is 29.8. The van der Waals surface area contributed by atoms with Gasteiger partial charge in [-0.2, -0.15) is 0 Å². The zero-order valence-corrected chi connectivity index (χ0v) is 18.5. The van der Waals surface area contributed by atoms with Gasteiger partial charge in [0, 0.05) is 11.8 Å². The Hall–Kier alpha value is -1.66. The maximum absolute atomic E-state index is 12.6. The van der Waals surface area contributed by atoms with Crippen LogP contribution in [0, 0.1) is 5.92 Å². The minimum absolute atomic E-state index is 0.0271. The molecule has 0 spiro atoms. The summed E-state index contributed by atoms with van der Waals surface area (Å²) in [5.41, 5.74) is -0.599. The molecule has 1 saturated carbocycles. The van der Waals surface area contributed by atoms with E-state index in [-0.39, 0.29) is 18.4 Å². The lowest BCUT2D eigenvalue weighted by Gasteiger charge is -2.27. The van der Waals surface area contributed by atoms with E-state index in [1.807, 2.05) is 30.3 Å². The number of carbonyl (C=O) groups excluding carboxylic acids is 2. The van der Waals surface area contributed by atoms with Crippen LogP contribution in [0.3, 0.4) is 0 Å². The van der Waals surface area contributed by atoms with Crippen molar-refractivity contribution in [2.24, 2.45) is 5.92 Å². The van der Waals surface area contributed by atoms with Crippen molar-refractivity contribution in [2.75, 3.05) is 6.54 Å². The third kappa shape index (κ3) is 6.17. The number of halogens is 2. The fourth-order valence-corrected chi connectivity index (χ4v) is 3.55. The first-order valence-corrected chi connectivity index (χ1v) is 9.80. The predicted molar refractivity (Wildman–Crippen MR) is 107 cm³/mol. The molecule has 0 unspecified atom stereocenters. The molecule has 0 N–H and O–H groups in total. The maximum atomic E-state index is 12.6. The van der Waals surface area contributed by atoms with E-state index in [0.29, 0.717) is 0 Å². The van der Waals surface area contributed by atoms with Crippen molar-refractivity contribution in [1.29, 1.82) is 0 Å². The first kappa shape index (κ1) is 22.6. The molecule has 1 fully saturated rings. The summed E-state index contributed by atoms with van der Waals surface area (Å²) in [5.74, 6) is -0.544. The van der Waals surface area contributed by atoms with E-state index in [0.717, 1.165) is 10.6 Å². The van der Waals surface area contributed by atoms with Crippen LogP contribution in [-0.4, -0.2) is 39.4 Å². The van der Waals surface area contributed by atoms with Crippen LogP contribution in [0.5, 0.6) is 0 Å². The van der Waals surface area contributed by atoms with E-state index in [9.17, 15) is 9.59 Å². The Morgan fingerprint density at radius 3 is 2.04 bits per heavy atom. The van der Waals surface area contributed by atoms with Crippen molar-refractivity contribution < 1.29 is 23.9 Å². The molecule has 0 aromatic heterocycles. The van der Waals surface area contributed by atoms with Crippen LogP contribution in [0.4, 0.5) is 9.59 Å². The van der Waals surface area contributed by atoms with Crippen LogP contribution in [-0.2, 0) is 14.3 Å². The predicted octanol–water partition coefficient (Wildman–Crippen LogP) is 5.68. The van der Waals surface area contributed by atoms with Crippen LogP contribution >= 0.6 is 23.2 Å². The molecule has 0 heterocycles. The second kappa shape index (κ2) is 7.99. The Kier molecular flexibility index (Phi) is 6.46. The second-order valence-electron chi connectivity index (χ2n) is 8.77. The zero-order valence-electron chi connectivity index (χ0n) is 17.0. The lowest BCUT2D eigenvalue weighted by molar-refractivity contribution is -0.138. The Morgan fingerprint density at radius 1 is 1.00 bits per heavy atom. The topological polar surface area (TPSA) is 65.1 Å². The number of carbonyl (C=O) groups is 2. The number of hydrogen-bond donors (Lipinski definition) is 0. The molecule has 0 aliphatic heterocycles. The summed E-state index contributed by atoms with van der Waals surface area (Å²) >= 11 is 12.9. The lowest BCUT2D eigenvalue weighted by atomic mass is 10.1. The highest BCUT2D eigenvalue weighted by atomic mass is 35.5. The van der Waals surface area contributed by atoms with E-state index >= 15 is 0 Å². The largest absolute Gasteiger partial charge is 0.534 e. The first-order chi connectivity index (χ1) is 12.7. The lowest BCUT2D eigenvalue weighted by Crippen LogP contribution is -2.41. The maximum Gasteiger partial charge on any atom is 0.534 e. The third-order valence-electron chi connectivity index (χ3n) is 3.89. The molecular weight excluding hydrogens is 405 g/mol. The number of nitrogens with zero attached hydrogens (tertiary/aromatic N) is 1. The number of alkyl halides is 2. The molecule has 1 aromatic carbocycles. The van der Waals surface area contributed by atoms with Gasteiger partial charge in [-0.3, -0.25) is 0 Å². The quantitative estimate of drug-likeness (QED) is 0.349. The molecule has 6 nitrogen and oxygen atoms in total. The van der Waals surface area contributed by atoms with E-state index in [2.05, 4.69) is 0 Å². The van der Waals surface area contributed by atoms with Crippen molar-refractivity contribution in [3.63, 3.8) is 0 Å². The summed E-state index contributed by atoms with van der Waals surface area (Å²) in [6.45, 7) is 10.2. The van der Waals surface area contributed by atoms with Gasteiger partial charge in [0.25, 0.3) is 0 Å². The highest BCUT2D eigenvalue weighted by Crippen LogP contribution is 2.65. The Bertz CT molecular complexity index is 710. The van der Waals surface area contributed by atoms with Gasteiger partial charge < -0.3 is 14.3 Å². The van der Waals surface area contributed by atoms with Crippen LogP contribution < -0.4 is 0 Å². The van der Waals surface area contributed by atoms with Crippen LogP contribution in [0.1, 0.15) is 53.0 Å². The number of rotatable bonds is 3. The van der Waals surface area contributed by atoms with Crippen molar-refractivity contribution in [3.05, 3.63) is 35.9 Å². The number of benzene rings is 1. The molecule has 1 amide bonds. The summed E-state index contributed by atoms with van der Waals surface area (Å²) in [6, 6.07) is 9.49. The van der Waals surface area contributed by atoms with Crippen molar-refractivity contribution in [1.82, 2.24) is 5.06 Å². The van der Waals surface area contributed by atoms with Gasteiger partial charge in [0.05, 0.1) is 6.54 Å². The van der Waals surface area contributed by atoms with Gasteiger partial charge in [-0.1, -0.05) is 30.3 Å². The van der Waals surface area contributed by atoms with Crippen molar-refractivity contribution in [3.8, 4) is 0 Å². The van der Waals surface area contributed by atoms with Crippen LogP contribution in [0.2, 0.25) is 0 Å². The first-order valence-electron chi connectivity index (χ1n) is 9.05. The summed E-state index contributed by atoms with van der Waals surface area (Å²) < 4.78 is 9.39. The molecule has 1 aromatic rings. The average molecular weight is 432 g/mol. The van der Waals surface area contributed by atoms with E-state index in [1.165, 1.54) is 0 Å². The number of amides is 1. The molecule has 8 heteroatoms. The monoisotopic (exact) mass is 431 g/mol. The van der Waals surface area contributed by atoms with Gasteiger partial charge in [0.15, 0.2) is 0 Å². The zero-order chi connectivity index (χ0) is 21.3. The molecule has 1 aliphatic rings. The van der Waals surface area contributed by atoms with Gasteiger partial charge in [0.1, 0.15) is 15.5 Å². The summed E-state index contributed by atoms with van der Waals surface area (Å²) in [6.07, 6.45) is -1.83. The Labute approximate surface area is 176 Å². The highest BCUT2D eigenvalue weighted by molar-refractivity contribution is 6.52. The fraction of sp³-hybridized carbons (Fsp3) is 0.600. The molecular formula is C20H27Cl2NO5. The minimum Gasteiger partial charge on any atom is -0.442 e. The molecule has 156 valence electrons. The standard InChI is InChI=1S/C20H27Cl2NO5/c1-18(2,3)26-16(24)23(28-17(25)27-19(4,5)6)12-14-15(20(14,21)22)13-10-8-7-9-11-13/h7-11,14-15H,12H2,1-6H3/t14-,15-/m1/s1. The third-order valence-corrected chi connectivity index (χ3v) is 4.93. The fourth-order valence-electron chi connectivity index (χ4n) is 2.73. The van der Waals surface area contributed by atoms with Gasteiger partial charge in [-0.15, -0.1) is 28.3 Å². The number of hydroxylamine groups is 2. The molecule has 0 bridgehead atoms. The van der Waals surface area contributed by atoms with Crippen LogP contribution in [0.25, 0.3) is 0 Å². The van der Waals surface area contributed by atoms with Gasteiger partial charge >= 0.3 is 12.2 Å². The van der Waals surface area contributed by atoms with E-state index < -0.39 is 27.8 Å². The van der Waals surface area contributed by atoms with E-state index in [1.54, 1.807) is 41.5 Å². The molecule has 0 radical (unpaired) electrons.